The number of nitrogens with one attached hydrogen (secondary N) is 2. The Morgan fingerprint density at radius 2 is 2.00 bits per heavy atom. The Balaban J connectivity index is 1.75. The summed E-state index contributed by atoms with van der Waals surface area (Å²) in [6, 6.07) is 7.80. The number of unbranched alkanes of at least 4 members (excludes halogenated alkanes) is 1. The second-order valence-electron chi connectivity index (χ2n) is 8.78. The normalized spacial score (nSPS) is 22.1. The van der Waals surface area contributed by atoms with Crippen LogP contribution in [0.15, 0.2) is 29.3 Å². The highest BCUT2D eigenvalue weighted by Crippen LogP contribution is 2.17. The lowest BCUT2D eigenvalue weighted by Gasteiger charge is -2.36. The number of likely N-dealkylation sites (tertiary alicyclic amines) is 1. The quantitative estimate of drug-likeness (QED) is 0.293. The fourth-order valence-electron chi connectivity index (χ4n) is 4.26. The molecule has 2 fully saturated rings. The van der Waals surface area contributed by atoms with Gasteiger partial charge in [-0.25, -0.2) is 4.99 Å². The van der Waals surface area contributed by atoms with E-state index in [2.05, 4.69) is 41.4 Å². The van der Waals surface area contributed by atoms with Gasteiger partial charge in [-0.1, -0.05) is 44.0 Å². The second kappa shape index (κ2) is 12.0. The molecule has 2 aliphatic rings. The second-order valence-corrected chi connectivity index (χ2v) is 8.78. The van der Waals surface area contributed by atoms with E-state index in [4.69, 9.17) is 20.9 Å². The number of nitrogens with zero attached hydrogens (tertiary/aromatic N) is 3. The number of hydrogen-bond acceptors (Lipinski definition) is 5. The van der Waals surface area contributed by atoms with Crippen molar-refractivity contribution in [2.45, 2.75) is 71.3 Å². The van der Waals surface area contributed by atoms with E-state index in [9.17, 15) is 4.79 Å². The zero-order chi connectivity index (χ0) is 22.9. The van der Waals surface area contributed by atoms with Crippen LogP contribution < -0.4 is 11.1 Å². The maximum absolute atomic E-state index is 12.4. The Morgan fingerprint density at radius 3 is 2.69 bits per heavy atom. The molecule has 0 radical (unpaired) electrons. The molecule has 32 heavy (non-hydrogen) atoms. The van der Waals surface area contributed by atoms with Gasteiger partial charge >= 0.3 is 0 Å². The third-order valence-electron chi connectivity index (χ3n) is 5.92. The summed E-state index contributed by atoms with van der Waals surface area (Å²) in [6.45, 7) is 8.61. The SMILES string of the molecule is CCCCOC(C)N=C1C(C(=N)N)NC(=O)CN1Cc1cccc(CN2CCCCC2)c1. The number of piperidine rings is 1. The molecular weight excluding hydrogens is 404 g/mol. The molecule has 2 saturated heterocycles. The monoisotopic (exact) mass is 442 g/mol. The lowest BCUT2D eigenvalue weighted by molar-refractivity contribution is -0.122. The van der Waals surface area contributed by atoms with Crippen molar-refractivity contribution in [1.82, 2.24) is 15.1 Å². The van der Waals surface area contributed by atoms with Crippen LogP contribution in [0.25, 0.3) is 0 Å². The summed E-state index contributed by atoms with van der Waals surface area (Å²) in [4.78, 5) is 21.5. The first-order valence-corrected chi connectivity index (χ1v) is 11.8. The molecule has 0 bridgehead atoms. The van der Waals surface area contributed by atoms with Crippen LogP contribution in [-0.2, 0) is 22.6 Å². The van der Waals surface area contributed by atoms with Crippen molar-refractivity contribution >= 4 is 17.6 Å². The molecule has 176 valence electrons. The van der Waals surface area contributed by atoms with Gasteiger partial charge in [0.2, 0.25) is 5.91 Å². The number of rotatable bonds is 10. The van der Waals surface area contributed by atoms with Crippen LogP contribution in [0.2, 0.25) is 0 Å². The summed E-state index contributed by atoms with van der Waals surface area (Å²) in [5, 5.41) is 10.8. The minimum atomic E-state index is -0.731. The standard InChI is InChI=1S/C24H38N6O2/c1-3-4-13-32-18(2)27-24-22(23(25)26)28-21(31)17-30(24)16-20-10-8-9-19(14-20)15-29-11-6-5-7-12-29/h8-10,14,18,22H,3-7,11-13,15-17H2,1-2H3,(H3,25,26)(H,28,31). The number of carbonyl (C=O) groups is 1. The van der Waals surface area contributed by atoms with Crippen molar-refractivity contribution in [3.63, 3.8) is 0 Å². The van der Waals surface area contributed by atoms with E-state index in [0.717, 1.165) is 38.0 Å². The average molecular weight is 443 g/mol. The van der Waals surface area contributed by atoms with Gasteiger partial charge in [-0.3, -0.25) is 15.1 Å². The number of piperazine rings is 1. The van der Waals surface area contributed by atoms with Crippen molar-refractivity contribution in [3.8, 4) is 0 Å². The van der Waals surface area contributed by atoms with Crippen LogP contribution in [0.3, 0.4) is 0 Å². The van der Waals surface area contributed by atoms with E-state index >= 15 is 0 Å². The van der Waals surface area contributed by atoms with Gasteiger partial charge in [-0.2, -0.15) is 0 Å². The van der Waals surface area contributed by atoms with E-state index in [0.29, 0.717) is 19.0 Å². The zero-order valence-corrected chi connectivity index (χ0v) is 19.5. The Hall–Kier alpha value is -2.45. The van der Waals surface area contributed by atoms with Gasteiger partial charge in [0.15, 0.2) is 0 Å². The number of nitrogens with two attached hydrogens (primary N) is 1. The van der Waals surface area contributed by atoms with Crippen molar-refractivity contribution in [3.05, 3.63) is 35.4 Å². The summed E-state index contributed by atoms with van der Waals surface area (Å²) >= 11 is 0. The van der Waals surface area contributed by atoms with Crippen LogP contribution in [0.4, 0.5) is 0 Å². The number of ether oxygens (including phenoxy) is 1. The Kier molecular flexibility index (Phi) is 9.05. The third kappa shape index (κ3) is 7.03. The molecule has 0 aromatic heterocycles. The van der Waals surface area contributed by atoms with Crippen LogP contribution in [0, 0.1) is 5.41 Å². The molecule has 4 N–H and O–H groups in total. The van der Waals surface area contributed by atoms with E-state index in [1.807, 2.05) is 11.8 Å². The molecular formula is C24H38N6O2. The van der Waals surface area contributed by atoms with Gasteiger partial charge in [-0.15, -0.1) is 0 Å². The lowest BCUT2D eigenvalue weighted by atomic mass is 10.1. The highest BCUT2D eigenvalue weighted by molar-refractivity contribution is 6.12. The molecule has 3 rings (SSSR count). The smallest absolute Gasteiger partial charge is 0.240 e. The Bertz CT molecular complexity index is 805. The Labute approximate surface area is 191 Å². The highest BCUT2D eigenvalue weighted by atomic mass is 16.5. The fraction of sp³-hybridized carbons (Fsp3) is 0.625. The minimum absolute atomic E-state index is 0.124. The number of aliphatic imine (C=N–C) groups is 1. The van der Waals surface area contributed by atoms with Gasteiger partial charge in [-0.05, 0) is 50.4 Å². The first kappa shape index (κ1) is 24.2. The summed E-state index contributed by atoms with van der Waals surface area (Å²) in [7, 11) is 0. The van der Waals surface area contributed by atoms with Gasteiger partial charge in [0.05, 0.1) is 6.54 Å². The van der Waals surface area contributed by atoms with Crippen LogP contribution in [-0.4, -0.2) is 65.9 Å². The van der Waals surface area contributed by atoms with Gasteiger partial charge in [0.25, 0.3) is 0 Å². The van der Waals surface area contributed by atoms with Gasteiger partial charge in [0, 0.05) is 19.7 Å². The first-order chi connectivity index (χ1) is 15.5. The molecule has 2 atom stereocenters. The van der Waals surface area contributed by atoms with Crippen LogP contribution in [0.5, 0.6) is 0 Å². The number of carbonyl (C=O) groups excluding carboxylic acids is 1. The summed E-state index contributed by atoms with van der Waals surface area (Å²) < 4.78 is 5.80. The molecule has 1 aromatic carbocycles. The van der Waals surface area contributed by atoms with E-state index in [1.165, 1.54) is 24.8 Å². The zero-order valence-electron chi connectivity index (χ0n) is 19.5. The van der Waals surface area contributed by atoms with Crippen LogP contribution in [0.1, 0.15) is 57.1 Å². The predicted octanol–water partition coefficient (Wildman–Crippen LogP) is 2.47. The topological polar surface area (TPSA) is 107 Å². The third-order valence-corrected chi connectivity index (χ3v) is 5.92. The molecule has 8 heteroatoms. The molecule has 0 saturated carbocycles. The predicted molar refractivity (Wildman–Crippen MR) is 128 cm³/mol. The first-order valence-electron chi connectivity index (χ1n) is 11.8. The summed E-state index contributed by atoms with van der Waals surface area (Å²) in [5.41, 5.74) is 8.21. The maximum atomic E-state index is 12.4. The molecule has 2 heterocycles. The molecule has 1 aromatic rings. The summed E-state index contributed by atoms with van der Waals surface area (Å²) in [5.74, 6) is 0.303. The molecule has 1 amide bonds. The Morgan fingerprint density at radius 1 is 1.28 bits per heavy atom. The van der Waals surface area contributed by atoms with E-state index in [-0.39, 0.29) is 24.5 Å². The number of hydrogen-bond donors (Lipinski definition) is 3. The summed E-state index contributed by atoms with van der Waals surface area (Å²) in [6.07, 6.45) is 5.51. The number of amides is 1. The molecule has 8 nitrogen and oxygen atoms in total. The average Bonchev–Trinajstić information content (AvgIpc) is 2.76. The fourth-order valence-corrected chi connectivity index (χ4v) is 4.26. The van der Waals surface area contributed by atoms with Crippen molar-refractivity contribution in [1.29, 1.82) is 5.41 Å². The number of benzene rings is 1. The molecule has 0 spiro atoms. The largest absolute Gasteiger partial charge is 0.386 e. The van der Waals surface area contributed by atoms with Crippen molar-refractivity contribution in [2.24, 2.45) is 10.7 Å². The van der Waals surface area contributed by atoms with Crippen molar-refractivity contribution in [2.75, 3.05) is 26.2 Å². The highest BCUT2D eigenvalue weighted by Gasteiger charge is 2.33. The molecule has 2 unspecified atom stereocenters. The van der Waals surface area contributed by atoms with Crippen molar-refractivity contribution < 1.29 is 9.53 Å². The van der Waals surface area contributed by atoms with E-state index < -0.39 is 6.04 Å². The lowest BCUT2D eigenvalue weighted by Crippen LogP contribution is -2.62. The molecule has 2 aliphatic heterocycles. The van der Waals surface area contributed by atoms with Gasteiger partial charge < -0.3 is 20.7 Å². The maximum Gasteiger partial charge on any atom is 0.240 e. The van der Waals surface area contributed by atoms with E-state index in [1.54, 1.807) is 0 Å². The molecule has 0 aliphatic carbocycles. The van der Waals surface area contributed by atoms with Crippen LogP contribution >= 0.6 is 0 Å². The number of amidine groups is 2. The van der Waals surface area contributed by atoms with Gasteiger partial charge in [0.1, 0.15) is 23.9 Å². The minimum Gasteiger partial charge on any atom is -0.386 e.